The van der Waals surface area contributed by atoms with Crippen LogP contribution in [0.3, 0.4) is 0 Å². The molecule has 6 nitrogen and oxygen atoms in total. The van der Waals surface area contributed by atoms with Crippen LogP contribution in [-0.2, 0) is 9.59 Å². The van der Waals surface area contributed by atoms with E-state index in [2.05, 4.69) is 16.0 Å². The molecule has 2 aromatic rings. The van der Waals surface area contributed by atoms with Gasteiger partial charge in [0.1, 0.15) is 5.75 Å². The number of hydrogen-bond donors (Lipinski definition) is 3. The van der Waals surface area contributed by atoms with E-state index in [1.54, 1.807) is 24.3 Å². The Hall–Kier alpha value is -2.57. The molecule has 0 heterocycles. The van der Waals surface area contributed by atoms with E-state index in [0.717, 1.165) is 5.56 Å². The first kappa shape index (κ1) is 19.8. The van der Waals surface area contributed by atoms with Crippen LogP contribution in [0.25, 0.3) is 0 Å². The lowest BCUT2D eigenvalue weighted by Gasteiger charge is -2.16. The Balaban J connectivity index is 1.99. The molecule has 1 atom stereocenters. The van der Waals surface area contributed by atoms with E-state index in [0.29, 0.717) is 22.1 Å². The maximum atomic E-state index is 12.3. The number of halogens is 1. The maximum Gasteiger partial charge on any atom is 0.238 e. The summed E-state index contributed by atoms with van der Waals surface area (Å²) in [6, 6.07) is 12.5. The summed E-state index contributed by atoms with van der Waals surface area (Å²) in [5.41, 5.74) is 2.06. The van der Waals surface area contributed by atoms with Gasteiger partial charge < -0.3 is 20.7 Å². The van der Waals surface area contributed by atoms with Gasteiger partial charge in [-0.05, 0) is 42.8 Å². The van der Waals surface area contributed by atoms with Crippen molar-refractivity contribution in [2.75, 3.05) is 24.3 Å². The van der Waals surface area contributed by atoms with Crippen LogP contribution in [0.1, 0.15) is 25.5 Å². The Morgan fingerprint density at radius 2 is 1.92 bits per heavy atom. The first-order chi connectivity index (χ1) is 12.4. The van der Waals surface area contributed by atoms with Crippen LogP contribution in [0, 0.1) is 0 Å². The second-order valence-electron chi connectivity index (χ2n) is 5.80. The number of hydrogen-bond acceptors (Lipinski definition) is 4. The van der Waals surface area contributed by atoms with Crippen molar-refractivity contribution < 1.29 is 14.3 Å². The Bertz CT molecular complexity index is 795. The van der Waals surface area contributed by atoms with Gasteiger partial charge >= 0.3 is 0 Å². The van der Waals surface area contributed by atoms with Crippen LogP contribution in [0.4, 0.5) is 11.4 Å². The summed E-state index contributed by atoms with van der Waals surface area (Å²) in [4.78, 5) is 23.5. The SMILES string of the molecule is COc1ccc(NC(C)=O)cc1NC(=O)CN[C@@H](C)c1cccc(Cl)c1. The number of carbonyl (C=O) groups excluding carboxylic acids is 2. The lowest BCUT2D eigenvalue weighted by Crippen LogP contribution is -2.30. The third kappa shape index (κ3) is 5.75. The van der Waals surface area contributed by atoms with Gasteiger partial charge in [0.15, 0.2) is 0 Å². The predicted molar refractivity (Wildman–Crippen MR) is 104 cm³/mol. The normalized spacial score (nSPS) is 11.5. The second-order valence-corrected chi connectivity index (χ2v) is 6.24. The van der Waals surface area contributed by atoms with Crippen molar-refractivity contribution >= 4 is 34.8 Å². The fourth-order valence-electron chi connectivity index (χ4n) is 2.42. The number of benzene rings is 2. The fraction of sp³-hybridized carbons (Fsp3) is 0.263. The smallest absolute Gasteiger partial charge is 0.238 e. The van der Waals surface area contributed by atoms with Crippen molar-refractivity contribution in [1.82, 2.24) is 5.32 Å². The molecule has 2 aromatic carbocycles. The average molecular weight is 376 g/mol. The zero-order valence-electron chi connectivity index (χ0n) is 14.9. The van der Waals surface area contributed by atoms with E-state index in [1.165, 1.54) is 14.0 Å². The van der Waals surface area contributed by atoms with Gasteiger partial charge in [0.05, 0.1) is 19.3 Å². The zero-order valence-corrected chi connectivity index (χ0v) is 15.7. The molecule has 0 aliphatic heterocycles. The largest absolute Gasteiger partial charge is 0.495 e. The summed E-state index contributed by atoms with van der Waals surface area (Å²) in [5, 5.41) is 9.26. The summed E-state index contributed by atoms with van der Waals surface area (Å²) < 4.78 is 5.25. The summed E-state index contributed by atoms with van der Waals surface area (Å²) >= 11 is 5.99. The quantitative estimate of drug-likeness (QED) is 0.690. The highest BCUT2D eigenvalue weighted by molar-refractivity contribution is 6.30. The summed E-state index contributed by atoms with van der Waals surface area (Å²) in [6.45, 7) is 3.49. The third-order valence-electron chi connectivity index (χ3n) is 3.71. The van der Waals surface area contributed by atoms with Crippen LogP contribution >= 0.6 is 11.6 Å². The Labute approximate surface area is 157 Å². The highest BCUT2D eigenvalue weighted by Crippen LogP contribution is 2.27. The molecule has 0 saturated heterocycles. The molecule has 2 rings (SSSR count). The molecule has 3 N–H and O–H groups in total. The second kappa shape index (κ2) is 9.22. The molecule has 2 amide bonds. The number of carbonyl (C=O) groups is 2. The Morgan fingerprint density at radius 3 is 2.58 bits per heavy atom. The molecule has 0 aromatic heterocycles. The van der Waals surface area contributed by atoms with Gasteiger partial charge in [0.2, 0.25) is 11.8 Å². The highest BCUT2D eigenvalue weighted by atomic mass is 35.5. The molecule has 0 spiro atoms. The van der Waals surface area contributed by atoms with Crippen molar-refractivity contribution in [3.05, 3.63) is 53.1 Å². The van der Waals surface area contributed by atoms with E-state index in [9.17, 15) is 9.59 Å². The van der Waals surface area contributed by atoms with Crippen LogP contribution in [0.15, 0.2) is 42.5 Å². The van der Waals surface area contributed by atoms with Crippen LogP contribution in [-0.4, -0.2) is 25.5 Å². The molecule has 0 aliphatic carbocycles. The first-order valence-electron chi connectivity index (χ1n) is 8.13. The van der Waals surface area contributed by atoms with Crippen molar-refractivity contribution in [3.8, 4) is 5.75 Å². The molecule has 26 heavy (non-hydrogen) atoms. The van der Waals surface area contributed by atoms with Crippen molar-refractivity contribution in [2.45, 2.75) is 19.9 Å². The molecule has 7 heteroatoms. The topological polar surface area (TPSA) is 79.5 Å². The standard InChI is InChI=1S/C19H22ClN3O3/c1-12(14-5-4-6-15(20)9-14)21-11-19(25)23-17-10-16(22-13(2)24)7-8-18(17)26-3/h4-10,12,21H,11H2,1-3H3,(H,22,24)(H,23,25)/t12-/m0/s1. The predicted octanol–water partition coefficient (Wildman–Crippen LogP) is 3.60. The van der Waals surface area contributed by atoms with Crippen LogP contribution in [0.2, 0.25) is 5.02 Å². The summed E-state index contributed by atoms with van der Waals surface area (Å²) in [6.07, 6.45) is 0. The molecular formula is C19H22ClN3O3. The first-order valence-corrected chi connectivity index (χ1v) is 8.51. The molecular weight excluding hydrogens is 354 g/mol. The molecule has 0 unspecified atom stereocenters. The number of nitrogens with one attached hydrogen (secondary N) is 3. The lowest BCUT2D eigenvalue weighted by molar-refractivity contribution is -0.115. The maximum absolute atomic E-state index is 12.3. The van der Waals surface area contributed by atoms with Crippen molar-refractivity contribution in [1.29, 1.82) is 0 Å². The molecule has 0 fully saturated rings. The minimum absolute atomic E-state index is 0.0351. The van der Waals surface area contributed by atoms with Gasteiger partial charge in [0.25, 0.3) is 0 Å². The number of anilines is 2. The van der Waals surface area contributed by atoms with Crippen LogP contribution in [0.5, 0.6) is 5.75 Å². The molecule has 0 bridgehead atoms. The van der Waals surface area contributed by atoms with Crippen LogP contribution < -0.4 is 20.7 Å². The Morgan fingerprint density at radius 1 is 1.15 bits per heavy atom. The van der Waals surface area contributed by atoms with Gasteiger partial charge in [-0.1, -0.05) is 23.7 Å². The fourth-order valence-corrected chi connectivity index (χ4v) is 2.62. The summed E-state index contributed by atoms with van der Waals surface area (Å²) in [7, 11) is 1.52. The van der Waals surface area contributed by atoms with E-state index in [-0.39, 0.29) is 24.4 Å². The highest BCUT2D eigenvalue weighted by Gasteiger charge is 2.11. The molecule has 138 valence electrons. The zero-order chi connectivity index (χ0) is 19.1. The van der Waals surface area contributed by atoms with Crippen molar-refractivity contribution in [2.24, 2.45) is 0 Å². The number of rotatable bonds is 7. The minimum atomic E-state index is -0.225. The Kier molecular flexibility index (Phi) is 7.00. The number of methoxy groups -OCH3 is 1. The van der Waals surface area contributed by atoms with Gasteiger partial charge in [-0.25, -0.2) is 0 Å². The van der Waals surface area contributed by atoms with E-state index in [1.807, 2.05) is 25.1 Å². The van der Waals surface area contributed by atoms with Gasteiger partial charge in [-0.2, -0.15) is 0 Å². The molecule has 0 saturated carbocycles. The average Bonchev–Trinajstić information content (AvgIpc) is 2.59. The summed E-state index contributed by atoms with van der Waals surface area (Å²) in [5.74, 6) is 0.0944. The number of amides is 2. The van der Waals surface area contributed by atoms with Crippen molar-refractivity contribution in [3.63, 3.8) is 0 Å². The van der Waals surface area contributed by atoms with Gasteiger partial charge in [-0.3, -0.25) is 9.59 Å². The lowest BCUT2D eigenvalue weighted by atomic mass is 10.1. The molecule has 0 radical (unpaired) electrons. The molecule has 0 aliphatic rings. The van der Waals surface area contributed by atoms with E-state index < -0.39 is 0 Å². The van der Waals surface area contributed by atoms with Gasteiger partial charge in [0, 0.05) is 23.7 Å². The van der Waals surface area contributed by atoms with E-state index >= 15 is 0 Å². The minimum Gasteiger partial charge on any atom is -0.495 e. The number of ether oxygens (including phenoxy) is 1. The van der Waals surface area contributed by atoms with Gasteiger partial charge in [-0.15, -0.1) is 0 Å². The third-order valence-corrected chi connectivity index (χ3v) is 3.95. The monoisotopic (exact) mass is 375 g/mol. The van der Waals surface area contributed by atoms with E-state index in [4.69, 9.17) is 16.3 Å².